The van der Waals surface area contributed by atoms with Crippen LogP contribution in [0.2, 0.25) is 0 Å². The van der Waals surface area contributed by atoms with E-state index in [1.165, 1.54) is 27.0 Å². The van der Waals surface area contributed by atoms with Crippen molar-refractivity contribution in [2.24, 2.45) is 0 Å². The monoisotopic (exact) mass is 402 g/mol. The number of allylic oxidation sites excluding steroid dienone is 5. The van der Waals surface area contributed by atoms with E-state index in [0.29, 0.717) is 5.84 Å². The van der Waals surface area contributed by atoms with Crippen LogP contribution < -0.4 is 10.2 Å². The summed E-state index contributed by atoms with van der Waals surface area (Å²) >= 11 is 1.82. The summed E-state index contributed by atoms with van der Waals surface area (Å²) in [7, 11) is 2.83. The van der Waals surface area contributed by atoms with Gasteiger partial charge in [0, 0.05) is 23.6 Å². The average molecular weight is 403 g/mol. The minimum atomic E-state index is 0.705. The molecule has 1 aromatic rings. The first kappa shape index (κ1) is 23.7. The Morgan fingerprint density at radius 3 is 2.59 bits per heavy atom. The van der Waals surface area contributed by atoms with E-state index in [1.54, 1.807) is 0 Å². The van der Waals surface area contributed by atoms with Crippen molar-refractivity contribution < 1.29 is 0 Å². The lowest BCUT2D eigenvalue weighted by Gasteiger charge is -2.28. The fourth-order valence-corrected chi connectivity index (χ4v) is 4.14. The fourth-order valence-electron chi connectivity index (χ4n) is 2.71. The summed E-state index contributed by atoms with van der Waals surface area (Å²) in [5, 5.41) is 9.89. The van der Waals surface area contributed by atoms with Gasteiger partial charge in [0.1, 0.15) is 5.84 Å². The number of amidine groups is 1. The van der Waals surface area contributed by atoms with Crippen LogP contribution in [0, 0.1) is 12.3 Å². The molecule has 1 aromatic carbocycles. The Hall–Kier alpha value is -1.31. The Bertz CT molecular complexity index is 680. The van der Waals surface area contributed by atoms with Crippen molar-refractivity contribution in [2.45, 2.75) is 53.9 Å². The molecule has 0 bridgehead atoms. The minimum Gasteiger partial charge on any atom is -0.330 e. The topological polar surface area (TPSA) is 27.1 Å². The molecule has 0 aliphatic rings. The highest BCUT2D eigenvalue weighted by Crippen LogP contribution is 2.24. The Kier molecular flexibility index (Phi) is 11.4. The Morgan fingerprint density at radius 1 is 1.26 bits per heavy atom. The molecular weight excluding hydrogens is 367 g/mol. The second-order valence-corrected chi connectivity index (χ2v) is 8.67. The van der Waals surface area contributed by atoms with Gasteiger partial charge in [-0.25, -0.2) is 0 Å². The van der Waals surface area contributed by atoms with E-state index < -0.39 is 0 Å². The van der Waals surface area contributed by atoms with Crippen molar-refractivity contribution in [3.63, 3.8) is 0 Å². The highest BCUT2D eigenvalue weighted by molar-refractivity contribution is 8.03. The third-order valence-corrected chi connectivity index (χ3v) is 5.60. The van der Waals surface area contributed by atoms with E-state index in [9.17, 15) is 0 Å². The Labute approximate surface area is 172 Å². The Morgan fingerprint density at radius 2 is 2.00 bits per heavy atom. The van der Waals surface area contributed by atoms with Crippen molar-refractivity contribution in [3.8, 4) is 0 Å². The molecule has 1 rings (SSSR count). The number of para-hydroxylation sites is 1. The van der Waals surface area contributed by atoms with Crippen LogP contribution in [0.1, 0.15) is 52.5 Å². The van der Waals surface area contributed by atoms with Gasteiger partial charge in [-0.2, -0.15) is 0 Å². The zero-order valence-corrected chi connectivity index (χ0v) is 19.5. The summed E-state index contributed by atoms with van der Waals surface area (Å²) < 4.78 is 0. The maximum absolute atomic E-state index is 8.73. The van der Waals surface area contributed by atoms with Crippen molar-refractivity contribution in [1.29, 1.82) is 5.41 Å². The SMILES string of the molecule is C/C=C\C(=C/C=C(C)C)SCCC(=N)N(CCCC)c1c(C)cccc1P. The molecule has 1 N–H and O–H groups in total. The molecule has 1 unspecified atom stereocenters. The maximum atomic E-state index is 8.73. The zero-order valence-electron chi connectivity index (χ0n) is 17.5. The zero-order chi connectivity index (χ0) is 20.2. The van der Waals surface area contributed by atoms with Crippen LogP contribution in [0.3, 0.4) is 0 Å². The molecule has 0 heterocycles. The molecule has 1 atom stereocenters. The van der Waals surface area contributed by atoms with Crippen molar-refractivity contribution >= 4 is 37.8 Å². The van der Waals surface area contributed by atoms with Crippen LogP contribution in [0.25, 0.3) is 0 Å². The number of hydrogen-bond donors (Lipinski definition) is 1. The molecule has 2 nitrogen and oxygen atoms in total. The summed E-state index contributed by atoms with van der Waals surface area (Å²) in [5.41, 5.74) is 3.71. The lowest BCUT2D eigenvalue weighted by atomic mass is 10.1. The molecular formula is C23H35N2PS. The van der Waals surface area contributed by atoms with Crippen molar-refractivity contribution in [2.75, 3.05) is 17.2 Å². The number of anilines is 1. The van der Waals surface area contributed by atoms with E-state index in [2.05, 4.69) is 84.3 Å². The van der Waals surface area contributed by atoms with Crippen LogP contribution in [0.15, 0.2) is 53.0 Å². The molecule has 4 heteroatoms. The molecule has 27 heavy (non-hydrogen) atoms. The van der Waals surface area contributed by atoms with Crippen molar-refractivity contribution in [3.05, 3.63) is 58.5 Å². The summed E-state index contributed by atoms with van der Waals surface area (Å²) in [6.07, 6.45) is 11.5. The normalized spacial score (nSPS) is 11.7. The fraction of sp³-hybridized carbons (Fsp3) is 0.435. The van der Waals surface area contributed by atoms with E-state index >= 15 is 0 Å². The molecule has 0 aromatic heterocycles. The third kappa shape index (κ3) is 8.49. The van der Waals surface area contributed by atoms with Gasteiger partial charge in [0.25, 0.3) is 0 Å². The molecule has 0 fully saturated rings. The summed E-state index contributed by atoms with van der Waals surface area (Å²) in [6.45, 7) is 11.5. The lowest BCUT2D eigenvalue weighted by Crippen LogP contribution is -2.34. The van der Waals surface area contributed by atoms with Crippen LogP contribution in [-0.2, 0) is 0 Å². The second kappa shape index (κ2) is 13.0. The van der Waals surface area contributed by atoms with Gasteiger partial charge in [0.05, 0.1) is 5.69 Å². The lowest BCUT2D eigenvalue weighted by molar-refractivity contribution is 0.788. The van der Waals surface area contributed by atoms with E-state index in [4.69, 9.17) is 5.41 Å². The van der Waals surface area contributed by atoms with Crippen molar-refractivity contribution in [1.82, 2.24) is 0 Å². The quantitative estimate of drug-likeness (QED) is 0.206. The molecule has 0 spiro atoms. The summed E-state index contributed by atoms with van der Waals surface area (Å²) in [5.74, 6) is 1.61. The van der Waals surface area contributed by atoms with E-state index in [1.807, 2.05) is 18.7 Å². The minimum absolute atomic E-state index is 0.705. The largest absolute Gasteiger partial charge is 0.330 e. The maximum Gasteiger partial charge on any atom is 0.101 e. The van der Waals surface area contributed by atoms with Crippen LogP contribution >= 0.6 is 21.0 Å². The second-order valence-electron chi connectivity index (χ2n) is 6.88. The molecule has 0 saturated heterocycles. The van der Waals surface area contributed by atoms with Gasteiger partial charge in [-0.3, -0.25) is 5.41 Å². The summed E-state index contributed by atoms with van der Waals surface area (Å²) in [6, 6.07) is 6.33. The van der Waals surface area contributed by atoms with E-state index in [-0.39, 0.29) is 0 Å². The molecule has 0 amide bonds. The number of unbranched alkanes of at least 4 members (excludes halogenated alkanes) is 1. The number of aryl methyl sites for hydroxylation is 1. The van der Waals surface area contributed by atoms with Crippen LogP contribution in [-0.4, -0.2) is 18.1 Å². The molecule has 0 saturated carbocycles. The van der Waals surface area contributed by atoms with Gasteiger partial charge in [-0.05, 0) is 51.1 Å². The van der Waals surface area contributed by atoms with Gasteiger partial charge in [-0.1, -0.05) is 55.3 Å². The average Bonchev–Trinajstić information content (AvgIpc) is 2.61. The predicted octanol–water partition coefficient (Wildman–Crippen LogP) is 6.63. The number of nitrogens with one attached hydrogen (secondary N) is 1. The highest BCUT2D eigenvalue weighted by atomic mass is 32.2. The van der Waals surface area contributed by atoms with Gasteiger partial charge < -0.3 is 4.90 Å². The highest BCUT2D eigenvalue weighted by Gasteiger charge is 2.16. The third-order valence-electron chi connectivity index (χ3n) is 4.12. The first-order valence-electron chi connectivity index (χ1n) is 9.71. The van der Waals surface area contributed by atoms with Gasteiger partial charge >= 0.3 is 0 Å². The molecule has 0 radical (unpaired) electrons. The van der Waals surface area contributed by atoms with E-state index in [0.717, 1.165) is 31.6 Å². The van der Waals surface area contributed by atoms with Gasteiger partial charge in [0.15, 0.2) is 0 Å². The molecule has 0 aliphatic carbocycles. The number of thioether (sulfide) groups is 1. The first-order valence-corrected chi connectivity index (χ1v) is 11.3. The van der Waals surface area contributed by atoms with Gasteiger partial charge in [-0.15, -0.1) is 21.0 Å². The Balaban J connectivity index is 2.85. The number of rotatable bonds is 10. The van der Waals surface area contributed by atoms with Crippen LogP contribution in [0.4, 0.5) is 5.69 Å². The van der Waals surface area contributed by atoms with Gasteiger partial charge in [0.2, 0.25) is 0 Å². The van der Waals surface area contributed by atoms with Crippen LogP contribution in [0.5, 0.6) is 0 Å². The standard InChI is InChI=1S/C23H35N2PS/c1-6-8-16-25(23-19(5)11-9-12-21(23)26)22(24)15-17-27-20(10-7-2)14-13-18(3)4/h7,9-14,24H,6,8,15-17,26H2,1-5H3/b10-7-,20-14+,24-22?. The number of benzene rings is 1. The molecule has 0 aliphatic heterocycles. The number of hydrogen-bond acceptors (Lipinski definition) is 2. The summed E-state index contributed by atoms with van der Waals surface area (Å²) in [4.78, 5) is 3.45. The predicted molar refractivity (Wildman–Crippen MR) is 130 cm³/mol. The smallest absolute Gasteiger partial charge is 0.101 e. The number of nitrogens with zero attached hydrogens (tertiary/aromatic N) is 1. The molecule has 148 valence electrons. The first-order chi connectivity index (χ1) is 12.9.